The van der Waals surface area contributed by atoms with Gasteiger partial charge >= 0.3 is 0 Å². The van der Waals surface area contributed by atoms with E-state index in [9.17, 15) is 0 Å². The molecule has 1 aromatic heterocycles. The number of aryl methyl sites for hydroxylation is 1. The molecule has 1 heterocycles. The Morgan fingerprint density at radius 1 is 0.314 bits per heavy atom. The van der Waals surface area contributed by atoms with Crippen LogP contribution in [0.2, 0.25) is 0 Å². The zero-order chi connectivity index (χ0) is 47.1. The van der Waals surface area contributed by atoms with E-state index in [-0.39, 0.29) is 0 Å². The SMILES string of the molecule is SCCCCCCCCCCc1ccc(-c2c3ccccc3c(-n3c4ccc(N(c5ccccc5)c5ccccc5)cc4c4cc(N(c5ccccc5)c5ccccc5)ccc43)c3ccccc23)cc1. The quantitative estimate of drug-likeness (QED) is 0.0523. The van der Waals surface area contributed by atoms with Crippen LogP contribution in [0.5, 0.6) is 0 Å². The molecule has 0 aliphatic carbocycles. The van der Waals surface area contributed by atoms with Crippen molar-refractivity contribution in [2.24, 2.45) is 0 Å². The molecule has 0 saturated carbocycles. The average Bonchev–Trinajstić information content (AvgIpc) is 3.73. The first kappa shape index (κ1) is 44.9. The molecule has 0 aliphatic rings. The van der Waals surface area contributed by atoms with Gasteiger partial charge in [0.1, 0.15) is 0 Å². The summed E-state index contributed by atoms with van der Waals surface area (Å²) in [6.07, 6.45) is 11.6. The Bertz CT molecular complexity index is 3220. The molecule has 70 heavy (non-hydrogen) atoms. The summed E-state index contributed by atoms with van der Waals surface area (Å²) in [5.74, 6) is 1.01. The van der Waals surface area contributed by atoms with Crippen LogP contribution in [0.3, 0.4) is 0 Å². The summed E-state index contributed by atoms with van der Waals surface area (Å²) in [5.41, 5.74) is 14.1. The normalized spacial score (nSPS) is 11.5. The van der Waals surface area contributed by atoms with E-state index < -0.39 is 0 Å². The van der Waals surface area contributed by atoms with E-state index in [0.717, 1.165) is 57.3 Å². The third-order valence-electron chi connectivity index (χ3n) is 14.0. The molecule has 0 saturated heterocycles. The zero-order valence-electron chi connectivity index (χ0n) is 39.8. The van der Waals surface area contributed by atoms with Crippen molar-refractivity contribution in [1.29, 1.82) is 0 Å². The summed E-state index contributed by atoms with van der Waals surface area (Å²) < 4.78 is 2.54. The maximum Gasteiger partial charge on any atom is 0.0619 e. The molecule has 0 amide bonds. The van der Waals surface area contributed by atoms with Gasteiger partial charge in [0.25, 0.3) is 0 Å². The van der Waals surface area contributed by atoms with Gasteiger partial charge in [0.05, 0.1) is 16.7 Å². The van der Waals surface area contributed by atoms with Crippen molar-refractivity contribution in [2.45, 2.75) is 57.8 Å². The monoisotopic (exact) mass is 925 g/mol. The largest absolute Gasteiger partial charge is 0.310 e. The van der Waals surface area contributed by atoms with Gasteiger partial charge in [0.15, 0.2) is 0 Å². The van der Waals surface area contributed by atoms with E-state index in [1.165, 1.54) is 106 Å². The van der Waals surface area contributed by atoms with Crippen LogP contribution in [0.25, 0.3) is 60.2 Å². The number of aromatic nitrogens is 1. The van der Waals surface area contributed by atoms with Crippen molar-refractivity contribution in [3.63, 3.8) is 0 Å². The Hall–Kier alpha value is -7.53. The molecule has 344 valence electrons. The van der Waals surface area contributed by atoms with Crippen LogP contribution >= 0.6 is 12.6 Å². The van der Waals surface area contributed by atoms with Crippen LogP contribution in [0.1, 0.15) is 56.9 Å². The number of fused-ring (bicyclic) bond motifs is 5. The molecule has 11 rings (SSSR count). The fourth-order valence-corrected chi connectivity index (χ4v) is 10.9. The van der Waals surface area contributed by atoms with Crippen LogP contribution in [-0.2, 0) is 6.42 Å². The number of rotatable bonds is 18. The van der Waals surface area contributed by atoms with Gasteiger partial charge < -0.3 is 14.4 Å². The molecular formula is C66H59N3S. The fourth-order valence-electron chi connectivity index (χ4n) is 10.7. The first-order valence-corrected chi connectivity index (χ1v) is 25.9. The smallest absolute Gasteiger partial charge is 0.0619 e. The number of para-hydroxylation sites is 4. The number of benzene rings is 10. The van der Waals surface area contributed by atoms with Gasteiger partial charge in [-0.3, -0.25) is 0 Å². The second kappa shape index (κ2) is 21.0. The van der Waals surface area contributed by atoms with Crippen molar-refractivity contribution >= 4 is 90.1 Å². The molecule has 0 unspecified atom stereocenters. The lowest BCUT2D eigenvalue weighted by Gasteiger charge is -2.26. The predicted molar refractivity (Wildman–Crippen MR) is 305 cm³/mol. The third-order valence-corrected chi connectivity index (χ3v) is 14.4. The Morgan fingerprint density at radius 3 is 1.10 bits per heavy atom. The summed E-state index contributed by atoms with van der Waals surface area (Å²) in [7, 11) is 0. The van der Waals surface area contributed by atoms with E-state index in [1.807, 2.05) is 0 Å². The summed E-state index contributed by atoms with van der Waals surface area (Å²) >= 11 is 4.37. The molecule has 4 heteroatoms. The molecule has 3 nitrogen and oxygen atoms in total. The first-order valence-electron chi connectivity index (χ1n) is 25.3. The lowest BCUT2D eigenvalue weighted by atomic mass is 9.90. The molecule has 11 aromatic rings. The van der Waals surface area contributed by atoms with Gasteiger partial charge in [-0.15, -0.1) is 0 Å². The molecule has 0 N–H and O–H groups in total. The number of hydrogen-bond donors (Lipinski definition) is 1. The van der Waals surface area contributed by atoms with Crippen LogP contribution in [-0.4, -0.2) is 10.3 Å². The number of thiol groups is 1. The number of nitrogens with zero attached hydrogens (tertiary/aromatic N) is 3. The van der Waals surface area contributed by atoms with Gasteiger partial charge in [-0.25, -0.2) is 0 Å². The second-order valence-corrected chi connectivity index (χ2v) is 19.0. The molecular weight excluding hydrogens is 867 g/mol. The van der Waals surface area contributed by atoms with Crippen molar-refractivity contribution in [1.82, 2.24) is 4.57 Å². The van der Waals surface area contributed by atoms with Crippen molar-refractivity contribution in [3.8, 4) is 16.8 Å². The van der Waals surface area contributed by atoms with E-state index in [2.05, 4.69) is 258 Å². The molecule has 0 radical (unpaired) electrons. The Balaban J connectivity index is 1.07. The highest BCUT2D eigenvalue weighted by molar-refractivity contribution is 7.80. The number of anilines is 6. The highest BCUT2D eigenvalue weighted by Crippen LogP contribution is 2.47. The molecule has 0 bridgehead atoms. The summed E-state index contributed by atoms with van der Waals surface area (Å²) in [5, 5.41) is 7.32. The van der Waals surface area contributed by atoms with Crippen LogP contribution in [0.4, 0.5) is 34.1 Å². The predicted octanol–water partition coefficient (Wildman–Crippen LogP) is 19.3. The maximum atomic E-state index is 4.37. The van der Waals surface area contributed by atoms with Crippen molar-refractivity contribution < 1.29 is 0 Å². The van der Waals surface area contributed by atoms with E-state index in [4.69, 9.17) is 0 Å². The second-order valence-electron chi connectivity index (χ2n) is 18.6. The molecule has 0 atom stereocenters. The van der Waals surface area contributed by atoms with Gasteiger partial charge in [0.2, 0.25) is 0 Å². The molecule has 0 aliphatic heterocycles. The zero-order valence-corrected chi connectivity index (χ0v) is 40.7. The Morgan fingerprint density at radius 2 is 0.686 bits per heavy atom. The van der Waals surface area contributed by atoms with Gasteiger partial charge in [-0.2, -0.15) is 12.6 Å². The topological polar surface area (TPSA) is 11.4 Å². The molecule has 0 spiro atoms. The minimum Gasteiger partial charge on any atom is -0.310 e. The molecule has 10 aromatic carbocycles. The lowest BCUT2D eigenvalue weighted by Crippen LogP contribution is -2.09. The van der Waals surface area contributed by atoms with Crippen LogP contribution in [0, 0.1) is 0 Å². The summed E-state index contributed by atoms with van der Waals surface area (Å²) in [4.78, 5) is 4.73. The minimum absolute atomic E-state index is 1.01. The van der Waals surface area contributed by atoms with Gasteiger partial charge in [-0.05, 0) is 137 Å². The summed E-state index contributed by atoms with van der Waals surface area (Å²) in [6, 6.07) is 84.5. The van der Waals surface area contributed by atoms with E-state index in [0.29, 0.717) is 0 Å². The minimum atomic E-state index is 1.01. The summed E-state index contributed by atoms with van der Waals surface area (Å²) in [6.45, 7) is 0. The third kappa shape index (κ3) is 9.08. The van der Waals surface area contributed by atoms with E-state index >= 15 is 0 Å². The number of unbranched alkanes of at least 4 members (excludes halogenated alkanes) is 7. The average molecular weight is 926 g/mol. The highest BCUT2D eigenvalue weighted by atomic mass is 32.1. The van der Waals surface area contributed by atoms with Gasteiger partial charge in [-0.1, -0.05) is 184 Å². The standard InChI is InChI=1S/C66H59N3S/c70-46-24-6-4-2-1-3-5-11-25-49-38-40-50(41-39-49)65-57-34-20-22-36-59(57)66(60-37-23-21-35-58(60)65)69-63-44-42-55(67(51-26-12-7-13-27-51)52-28-14-8-15-29-52)47-61(63)62-48-56(43-45-64(62)69)68(53-30-16-9-17-31-53)54-32-18-10-19-33-54/h7-10,12-23,26-45,47-48,70H,1-6,11,24-25,46H2. The van der Waals surface area contributed by atoms with Gasteiger partial charge in [0, 0.05) is 55.7 Å². The van der Waals surface area contributed by atoms with Crippen molar-refractivity contribution in [2.75, 3.05) is 15.6 Å². The number of hydrogen-bond acceptors (Lipinski definition) is 3. The first-order chi connectivity index (χ1) is 34.7. The molecule has 0 fully saturated rings. The fraction of sp³-hybridized carbons (Fsp3) is 0.152. The lowest BCUT2D eigenvalue weighted by molar-refractivity contribution is 0.577. The van der Waals surface area contributed by atoms with E-state index in [1.54, 1.807) is 0 Å². The van der Waals surface area contributed by atoms with Crippen LogP contribution in [0.15, 0.2) is 231 Å². The van der Waals surface area contributed by atoms with Crippen LogP contribution < -0.4 is 9.80 Å². The Kier molecular flexibility index (Phi) is 13.5. The van der Waals surface area contributed by atoms with Crippen molar-refractivity contribution in [3.05, 3.63) is 236 Å². The highest BCUT2D eigenvalue weighted by Gasteiger charge is 2.23. The Labute approximate surface area is 418 Å². The maximum absolute atomic E-state index is 4.37.